The third kappa shape index (κ3) is 88.4. The zero-order valence-corrected chi connectivity index (χ0v) is 8.27. The molecule has 8 heavy (non-hydrogen) atoms. The molecular weight excluding hydrogens is 174 g/mol. The van der Waals surface area contributed by atoms with E-state index in [1.165, 1.54) is 0 Å². The van der Waals surface area contributed by atoms with E-state index in [4.69, 9.17) is 19.2 Å². The Balaban J connectivity index is -0.00000000533. The maximum atomic E-state index is 8.88. The van der Waals surface area contributed by atoms with Crippen LogP contribution in [0, 0.1) is 0 Å². The normalized spacial score (nSPS) is 7.38. The minimum Gasteiger partial charge on any atom is -1.00 e. The summed E-state index contributed by atoms with van der Waals surface area (Å²) in [6.45, 7) is 0. The fourth-order valence-electron chi connectivity index (χ4n) is 0. The molecule has 0 saturated carbocycles. The van der Waals surface area contributed by atoms with E-state index in [9.17, 15) is 0 Å². The van der Waals surface area contributed by atoms with Crippen molar-refractivity contribution in [2.24, 2.45) is 0 Å². The minimum atomic E-state index is -4.64. The quantitative estimate of drug-likeness (QED) is 0.262. The van der Waals surface area contributed by atoms with Gasteiger partial charge in [-0.3, -0.25) is 0 Å². The number of phosphoric acid groups is 1. The first kappa shape index (κ1) is 22.5. The molecule has 0 radical (unpaired) electrons. The van der Waals surface area contributed by atoms with Crippen LogP contribution in [0.4, 0.5) is 0 Å². The Bertz CT molecular complexity index is 71.5. The Hall–Kier alpha value is 2.19. The number of hydrogen-bond donors (Lipinski definition) is 3. The second kappa shape index (κ2) is 9.19. The van der Waals surface area contributed by atoms with Crippen LogP contribution in [-0.4, -0.2) is 37.7 Å². The summed E-state index contributed by atoms with van der Waals surface area (Å²) in [7, 11) is -4.64. The molecule has 0 aromatic heterocycles. The Morgan fingerprint density at radius 1 is 1.25 bits per heavy atom. The molecule has 8 heteroatoms. The standard InChI is InChI=1S/Li.Mg.H3O4P.Ti.3H/c;;1-5(2,3)4;;;;/h;;(H3,1,2,3,4);;;;/q+1;+2;;;3*-1. The second-order valence-electron chi connectivity index (χ2n) is 0.513. The predicted molar refractivity (Wildman–Crippen MR) is 23.4 cm³/mol. The molecule has 0 unspecified atom stereocenters. The van der Waals surface area contributed by atoms with E-state index < -0.39 is 7.82 Å². The first-order valence-electron chi connectivity index (χ1n) is 0.783. The minimum absolute atomic E-state index is 0. The summed E-state index contributed by atoms with van der Waals surface area (Å²) in [6, 6.07) is 0. The van der Waals surface area contributed by atoms with E-state index in [1.807, 2.05) is 0 Å². The van der Waals surface area contributed by atoms with Crippen molar-refractivity contribution in [2.45, 2.75) is 0 Å². The van der Waals surface area contributed by atoms with Gasteiger partial charge in [0.25, 0.3) is 0 Å². The molecule has 0 atom stereocenters. The third-order valence-corrected chi connectivity index (χ3v) is 0. The topological polar surface area (TPSA) is 77.8 Å². The van der Waals surface area contributed by atoms with Gasteiger partial charge < -0.3 is 19.0 Å². The summed E-state index contributed by atoms with van der Waals surface area (Å²) in [5, 5.41) is 0. The van der Waals surface area contributed by atoms with Gasteiger partial charge in [-0.05, 0) is 0 Å². The van der Waals surface area contributed by atoms with E-state index >= 15 is 0 Å². The molecule has 0 aliphatic heterocycles. The molecule has 0 amide bonds. The summed E-state index contributed by atoms with van der Waals surface area (Å²) < 4.78 is 8.88. The smallest absolute Gasteiger partial charge is 1.00 e. The van der Waals surface area contributed by atoms with Crippen molar-refractivity contribution < 1.29 is 64.1 Å². The van der Waals surface area contributed by atoms with Crippen LogP contribution in [0.15, 0.2) is 0 Å². The van der Waals surface area contributed by atoms with Crippen molar-refractivity contribution in [1.82, 2.24) is 0 Å². The maximum absolute atomic E-state index is 8.88. The molecule has 0 aliphatic rings. The fourth-order valence-corrected chi connectivity index (χ4v) is 0. The van der Waals surface area contributed by atoms with E-state index in [-0.39, 0.29) is 67.9 Å². The van der Waals surface area contributed by atoms with Gasteiger partial charge >= 0.3 is 49.7 Å². The zero-order valence-electron chi connectivity index (χ0n) is 7.40. The Morgan fingerprint density at radius 2 is 1.25 bits per heavy atom. The van der Waals surface area contributed by atoms with Crippen molar-refractivity contribution >= 4 is 30.9 Å². The van der Waals surface area contributed by atoms with Crippen molar-refractivity contribution in [3.8, 4) is 0 Å². The van der Waals surface area contributed by atoms with Gasteiger partial charge in [-0.15, -0.1) is 0 Å². The molecule has 0 spiro atoms. The Morgan fingerprint density at radius 3 is 1.25 bits per heavy atom. The largest absolute Gasteiger partial charge is 2.00 e. The second-order valence-corrected chi connectivity index (χ2v) is 1.54. The van der Waals surface area contributed by atoms with Crippen molar-refractivity contribution in [1.29, 1.82) is 0 Å². The molecule has 0 heterocycles. The van der Waals surface area contributed by atoms with Crippen molar-refractivity contribution in [3.63, 3.8) is 0 Å². The molecule has 4 nitrogen and oxygen atoms in total. The van der Waals surface area contributed by atoms with Gasteiger partial charge in [0.2, 0.25) is 0 Å². The number of hydrogen-bond acceptors (Lipinski definition) is 1. The van der Waals surface area contributed by atoms with E-state index in [2.05, 4.69) is 0 Å². The fraction of sp³-hybridized carbons (Fsp3) is 0. The Kier molecular flexibility index (Phi) is 25.8. The van der Waals surface area contributed by atoms with Gasteiger partial charge in [-0.2, -0.15) is 0 Å². The van der Waals surface area contributed by atoms with Gasteiger partial charge in [0.15, 0.2) is 0 Å². The third-order valence-electron chi connectivity index (χ3n) is 0. The average Bonchev–Trinajstić information content (AvgIpc) is 0.722. The molecule has 0 aliphatic carbocycles. The molecule has 0 saturated heterocycles. The SMILES string of the molecule is O=P(O)(O)O.[H-].[H-].[H-].[Li+].[Mg+2].[Ti]. The van der Waals surface area contributed by atoms with Crippen LogP contribution in [0.3, 0.4) is 0 Å². The van der Waals surface area contributed by atoms with Crippen LogP contribution in [0.2, 0.25) is 0 Å². The van der Waals surface area contributed by atoms with Crippen LogP contribution >= 0.6 is 7.82 Å². The van der Waals surface area contributed by atoms with Crippen molar-refractivity contribution in [3.05, 3.63) is 0 Å². The molecular formula is H6LiMgO4PTi. The Labute approximate surface area is 94.3 Å². The summed E-state index contributed by atoms with van der Waals surface area (Å²) >= 11 is 0. The van der Waals surface area contributed by atoms with E-state index in [1.54, 1.807) is 0 Å². The summed E-state index contributed by atoms with van der Waals surface area (Å²) in [5.74, 6) is 0. The van der Waals surface area contributed by atoms with Crippen LogP contribution in [0.25, 0.3) is 0 Å². The first-order chi connectivity index (χ1) is 2.00. The number of rotatable bonds is 0. The van der Waals surface area contributed by atoms with Gasteiger partial charge in [-0.1, -0.05) is 0 Å². The average molecular weight is 180 g/mol. The molecule has 0 rings (SSSR count). The van der Waals surface area contributed by atoms with E-state index in [0.29, 0.717) is 0 Å². The molecule has 42 valence electrons. The molecule has 0 aromatic rings. The van der Waals surface area contributed by atoms with Crippen molar-refractivity contribution in [2.75, 3.05) is 0 Å². The summed E-state index contributed by atoms with van der Waals surface area (Å²) in [4.78, 5) is 21.6. The molecule has 0 bridgehead atoms. The zero-order chi connectivity index (χ0) is 4.50. The van der Waals surface area contributed by atoms with Gasteiger partial charge in [0.05, 0.1) is 0 Å². The van der Waals surface area contributed by atoms with Crippen LogP contribution < -0.4 is 18.9 Å². The monoisotopic (exact) mass is 180 g/mol. The van der Waals surface area contributed by atoms with Gasteiger partial charge in [0.1, 0.15) is 0 Å². The van der Waals surface area contributed by atoms with Crippen LogP contribution in [0.1, 0.15) is 4.28 Å². The van der Waals surface area contributed by atoms with Gasteiger partial charge in [0, 0.05) is 21.7 Å². The maximum Gasteiger partial charge on any atom is 2.00 e. The van der Waals surface area contributed by atoms with Crippen LogP contribution in [-0.2, 0) is 26.3 Å². The first-order valence-corrected chi connectivity index (χ1v) is 2.35. The molecule has 3 N–H and O–H groups in total. The summed E-state index contributed by atoms with van der Waals surface area (Å²) in [6.07, 6.45) is 0. The van der Waals surface area contributed by atoms with Crippen LogP contribution in [0.5, 0.6) is 0 Å². The van der Waals surface area contributed by atoms with Gasteiger partial charge in [-0.25, -0.2) is 4.57 Å². The predicted octanol–water partition coefficient (Wildman–Crippen LogP) is -3.97. The molecule has 0 fully saturated rings. The summed E-state index contributed by atoms with van der Waals surface area (Å²) in [5.41, 5.74) is 0. The van der Waals surface area contributed by atoms with E-state index in [0.717, 1.165) is 0 Å². The molecule has 0 aromatic carbocycles.